The number of nitrogens with zero attached hydrogens (tertiary/aromatic N) is 4. The number of benzene rings is 1. The van der Waals surface area contributed by atoms with Gasteiger partial charge < -0.3 is 14.7 Å². The number of amides is 2. The zero-order chi connectivity index (χ0) is 18.2. The molecule has 1 saturated heterocycles. The molecular formula is C19H22N6O2. The van der Waals surface area contributed by atoms with Crippen LogP contribution in [0.3, 0.4) is 0 Å². The summed E-state index contributed by atoms with van der Waals surface area (Å²) in [7, 11) is 0. The summed E-state index contributed by atoms with van der Waals surface area (Å²) in [6.07, 6.45) is 6.81. The van der Waals surface area contributed by atoms with Crippen molar-refractivity contribution in [3.8, 4) is 0 Å². The number of likely N-dealkylation sites (tertiary alicyclic amines) is 1. The lowest BCUT2D eigenvalue weighted by Gasteiger charge is -2.31. The number of hydrogen-bond acceptors (Lipinski definition) is 5. The van der Waals surface area contributed by atoms with E-state index >= 15 is 0 Å². The Morgan fingerprint density at radius 1 is 1.26 bits per heavy atom. The highest BCUT2D eigenvalue weighted by atomic mass is 16.5. The van der Waals surface area contributed by atoms with Crippen LogP contribution >= 0.6 is 0 Å². The third kappa shape index (κ3) is 3.39. The van der Waals surface area contributed by atoms with Gasteiger partial charge in [-0.1, -0.05) is 11.2 Å². The van der Waals surface area contributed by atoms with Crippen molar-refractivity contribution in [1.82, 2.24) is 25.2 Å². The van der Waals surface area contributed by atoms with Crippen molar-refractivity contribution in [2.24, 2.45) is 5.92 Å². The van der Waals surface area contributed by atoms with Crippen LogP contribution in [-0.2, 0) is 6.42 Å². The maximum atomic E-state index is 12.6. The highest BCUT2D eigenvalue weighted by molar-refractivity contribution is 6.00. The van der Waals surface area contributed by atoms with Gasteiger partial charge in [0.2, 0.25) is 5.89 Å². The molecule has 2 fully saturated rings. The molecule has 8 heteroatoms. The van der Waals surface area contributed by atoms with Crippen molar-refractivity contribution < 1.29 is 9.32 Å². The van der Waals surface area contributed by atoms with Gasteiger partial charge in [-0.3, -0.25) is 5.10 Å². The molecule has 1 saturated carbocycles. The van der Waals surface area contributed by atoms with Gasteiger partial charge in [0.15, 0.2) is 5.82 Å². The fourth-order valence-corrected chi connectivity index (χ4v) is 3.72. The molecule has 3 heterocycles. The molecule has 27 heavy (non-hydrogen) atoms. The van der Waals surface area contributed by atoms with E-state index in [4.69, 9.17) is 4.52 Å². The van der Waals surface area contributed by atoms with Crippen LogP contribution in [0.4, 0.5) is 10.5 Å². The van der Waals surface area contributed by atoms with Crippen molar-refractivity contribution in [3.05, 3.63) is 36.1 Å². The number of aromatic amines is 1. The number of carbonyl (C=O) groups is 1. The van der Waals surface area contributed by atoms with E-state index in [0.717, 1.165) is 60.7 Å². The Kier molecular flexibility index (Phi) is 4.03. The molecule has 140 valence electrons. The van der Waals surface area contributed by atoms with Crippen molar-refractivity contribution in [2.75, 3.05) is 18.4 Å². The summed E-state index contributed by atoms with van der Waals surface area (Å²) in [5, 5.41) is 15.0. The molecule has 2 aromatic heterocycles. The first-order valence-corrected chi connectivity index (χ1v) is 9.57. The quantitative estimate of drug-likeness (QED) is 0.738. The van der Waals surface area contributed by atoms with Crippen molar-refractivity contribution in [2.45, 2.75) is 38.0 Å². The zero-order valence-electron chi connectivity index (χ0n) is 15.0. The minimum Gasteiger partial charge on any atom is -0.339 e. The molecule has 8 nitrogen and oxygen atoms in total. The Bertz CT molecular complexity index is 952. The second-order valence-electron chi connectivity index (χ2n) is 7.52. The fraction of sp³-hybridized carbons (Fsp3) is 0.474. The number of anilines is 1. The zero-order valence-corrected chi connectivity index (χ0v) is 15.0. The molecule has 1 aromatic carbocycles. The van der Waals surface area contributed by atoms with Crippen molar-refractivity contribution in [3.63, 3.8) is 0 Å². The minimum atomic E-state index is -0.0577. The van der Waals surface area contributed by atoms with Crippen LogP contribution < -0.4 is 5.32 Å². The first kappa shape index (κ1) is 16.3. The summed E-state index contributed by atoms with van der Waals surface area (Å²) in [6.45, 7) is 1.48. The molecule has 1 aliphatic heterocycles. The maximum absolute atomic E-state index is 12.6. The van der Waals surface area contributed by atoms with Gasteiger partial charge in [0, 0.05) is 30.8 Å². The third-order valence-corrected chi connectivity index (χ3v) is 5.51. The Labute approximate surface area is 156 Å². The number of fused-ring (bicyclic) bond motifs is 1. The Hall–Kier alpha value is -2.90. The van der Waals surface area contributed by atoms with E-state index in [0.29, 0.717) is 11.8 Å². The number of piperidine rings is 1. The molecule has 2 amide bonds. The van der Waals surface area contributed by atoms with Gasteiger partial charge >= 0.3 is 6.03 Å². The predicted molar refractivity (Wildman–Crippen MR) is 99.4 cm³/mol. The van der Waals surface area contributed by atoms with E-state index in [9.17, 15) is 4.79 Å². The molecule has 2 N–H and O–H groups in total. The van der Waals surface area contributed by atoms with Gasteiger partial charge in [0.1, 0.15) is 0 Å². The van der Waals surface area contributed by atoms with Crippen LogP contribution in [-0.4, -0.2) is 44.4 Å². The molecule has 0 bridgehead atoms. The average Bonchev–Trinajstić information content (AvgIpc) is 3.23. The first-order chi connectivity index (χ1) is 13.3. The topological polar surface area (TPSA) is 99.9 Å². The normalized spacial score (nSPS) is 18.1. The van der Waals surface area contributed by atoms with Crippen molar-refractivity contribution in [1.29, 1.82) is 0 Å². The number of aromatic nitrogens is 4. The van der Waals surface area contributed by atoms with E-state index < -0.39 is 0 Å². The Balaban J connectivity index is 1.16. The van der Waals surface area contributed by atoms with E-state index in [2.05, 4.69) is 25.7 Å². The van der Waals surface area contributed by atoms with E-state index in [1.54, 1.807) is 6.20 Å². The second kappa shape index (κ2) is 6.68. The summed E-state index contributed by atoms with van der Waals surface area (Å²) < 4.78 is 5.34. The molecule has 0 atom stereocenters. The summed E-state index contributed by atoms with van der Waals surface area (Å²) in [5.74, 6) is 2.61. The average molecular weight is 366 g/mol. The SMILES string of the molecule is O=C(Nc1cccc2[nH]ncc12)N1CCC(Cc2noc(C3CC3)n2)CC1. The van der Waals surface area contributed by atoms with Crippen LogP contribution in [0, 0.1) is 5.92 Å². The fourth-order valence-electron chi connectivity index (χ4n) is 3.72. The van der Waals surface area contributed by atoms with Gasteiger partial charge in [0.25, 0.3) is 0 Å². The Morgan fingerprint density at radius 3 is 2.93 bits per heavy atom. The number of rotatable bonds is 4. The van der Waals surface area contributed by atoms with E-state index in [1.165, 1.54) is 12.8 Å². The molecule has 0 radical (unpaired) electrons. The number of nitrogens with one attached hydrogen (secondary N) is 2. The van der Waals surface area contributed by atoms with Gasteiger partial charge in [-0.05, 0) is 43.7 Å². The Morgan fingerprint density at radius 2 is 2.11 bits per heavy atom. The van der Waals surface area contributed by atoms with E-state index in [-0.39, 0.29) is 6.03 Å². The molecule has 5 rings (SSSR count). The maximum Gasteiger partial charge on any atom is 0.321 e. The lowest BCUT2D eigenvalue weighted by atomic mass is 9.93. The summed E-state index contributed by atoms with van der Waals surface area (Å²) in [6, 6.07) is 5.69. The molecule has 2 aliphatic rings. The monoisotopic (exact) mass is 366 g/mol. The molecular weight excluding hydrogens is 344 g/mol. The molecule has 0 spiro atoms. The minimum absolute atomic E-state index is 0.0577. The largest absolute Gasteiger partial charge is 0.339 e. The summed E-state index contributed by atoms with van der Waals surface area (Å²) in [5.41, 5.74) is 1.70. The highest BCUT2D eigenvalue weighted by Gasteiger charge is 2.30. The smallest absolute Gasteiger partial charge is 0.321 e. The van der Waals surface area contributed by atoms with Crippen LogP contribution in [0.5, 0.6) is 0 Å². The molecule has 0 unspecified atom stereocenters. The number of hydrogen-bond donors (Lipinski definition) is 2. The number of urea groups is 1. The lowest BCUT2D eigenvalue weighted by Crippen LogP contribution is -2.41. The van der Waals surface area contributed by atoms with Crippen LogP contribution in [0.25, 0.3) is 10.9 Å². The van der Waals surface area contributed by atoms with Crippen LogP contribution in [0.15, 0.2) is 28.9 Å². The second-order valence-corrected chi connectivity index (χ2v) is 7.52. The van der Waals surface area contributed by atoms with Gasteiger partial charge in [-0.25, -0.2) is 4.79 Å². The van der Waals surface area contributed by atoms with Gasteiger partial charge in [0.05, 0.1) is 17.4 Å². The lowest BCUT2D eigenvalue weighted by molar-refractivity contribution is 0.181. The van der Waals surface area contributed by atoms with Crippen LogP contribution in [0.2, 0.25) is 0 Å². The predicted octanol–water partition coefficient (Wildman–Crippen LogP) is 3.31. The number of H-pyrrole nitrogens is 1. The summed E-state index contributed by atoms with van der Waals surface area (Å²) >= 11 is 0. The number of carbonyl (C=O) groups excluding carboxylic acids is 1. The third-order valence-electron chi connectivity index (χ3n) is 5.51. The highest BCUT2D eigenvalue weighted by Crippen LogP contribution is 2.39. The molecule has 1 aliphatic carbocycles. The standard InChI is InChI=1S/C19H22N6O2/c26-19(21-15-2-1-3-16-14(15)11-20-23-16)25-8-6-12(7-9-25)10-17-22-18(27-24-17)13-4-5-13/h1-3,11-13H,4-10H2,(H,20,23)(H,21,26). The van der Waals surface area contributed by atoms with E-state index in [1.807, 2.05) is 23.1 Å². The van der Waals surface area contributed by atoms with Gasteiger partial charge in [-0.2, -0.15) is 10.1 Å². The first-order valence-electron chi connectivity index (χ1n) is 9.57. The van der Waals surface area contributed by atoms with Gasteiger partial charge in [-0.15, -0.1) is 0 Å². The van der Waals surface area contributed by atoms with Crippen molar-refractivity contribution >= 4 is 22.6 Å². The molecule has 3 aromatic rings. The van der Waals surface area contributed by atoms with Crippen LogP contribution in [0.1, 0.15) is 43.3 Å². The summed E-state index contributed by atoms with van der Waals surface area (Å²) in [4.78, 5) is 19.0.